The van der Waals surface area contributed by atoms with Crippen LogP contribution in [-0.2, 0) is 11.8 Å². The second-order valence-corrected chi connectivity index (χ2v) is 8.80. The largest absolute Gasteiger partial charge is 0.123 e. The smallest absolute Gasteiger partial charge is 0.0367 e. The molecule has 1 fully saturated rings. The van der Waals surface area contributed by atoms with Crippen LogP contribution in [0.3, 0.4) is 0 Å². The number of rotatable bonds is 3. The van der Waals surface area contributed by atoms with E-state index in [0.717, 1.165) is 18.3 Å². The summed E-state index contributed by atoms with van der Waals surface area (Å²) in [5.74, 6) is 2.30. The zero-order valence-electron chi connectivity index (χ0n) is 14.3. The molecule has 1 aliphatic carbocycles. The third-order valence-corrected chi connectivity index (χ3v) is 5.77. The van der Waals surface area contributed by atoms with Crippen LogP contribution in [0.4, 0.5) is 0 Å². The second kappa shape index (κ2) is 6.73. The molecule has 3 unspecified atom stereocenters. The molecule has 0 radical (unpaired) electrons. The summed E-state index contributed by atoms with van der Waals surface area (Å²) in [6, 6.07) is 9.20. The highest BCUT2D eigenvalue weighted by atomic mass is 35.5. The van der Waals surface area contributed by atoms with Crippen LogP contribution in [0.25, 0.3) is 0 Å². The van der Waals surface area contributed by atoms with Crippen LogP contribution in [0.5, 0.6) is 0 Å². The number of hydrogen-bond acceptors (Lipinski definition) is 0. The molecular formula is C20H31Cl. The first kappa shape index (κ1) is 16.9. The molecule has 21 heavy (non-hydrogen) atoms. The van der Waals surface area contributed by atoms with Crippen molar-refractivity contribution in [3.63, 3.8) is 0 Å². The summed E-state index contributed by atoms with van der Waals surface area (Å²) in [4.78, 5) is 0. The molecule has 0 nitrogen and oxygen atoms in total. The van der Waals surface area contributed by atoms with Gasteiger partial charge in [-0.05, 0) is 60.0 Å². The maximum Gasteiger partial charge on any atom is 0.0367 e. The molecule has 0 saturated heterocycles. The minimum Gasteiger partial charge on any atom is -0.123 e. The fourth-order valence-corrected chi connectivity index (χ4v) is 3.84. The maximum atomic E-state index is 6.61. The third-order valence-electron chi connectivity index (χ3n) is 5.19. The van der Waals surface area contributed by atoms with Crippen molar-refractivity contribution in [2.24, 2.45) is 17.8 Å². The standard InChI is InChI=1S/C20H31Cl/c1-14(2)16-8-11-19(21)17(13-16)12-15-6-9-18(10-7-15)20(3,4)5/h6-7,9-10,14,16-17,19H,8,11-13H2,1-5H3. The normalized spacial score (nSPS) is 27.1. The molecule has 0 amide bonds. The van der Waals surface area contributed by atoms with Gasteiger partial charge in [-0.25, -0.2) is 0 Å². The summed E-state index contributed by atoms with van der Waals surface area (Å²) in [6.07, 6.45) is 4.94. The summed E-state index contributed by atoms with van der Waals surface area (Å²) in [5, 5.41) is 0.363. The molecule has 1 aromatic rings. The summed E-state index contributed by atoms with van der Waals surface area (Å²) >= 11 is 6.61. The predicted octanol–water partition coefficient (Wildman–Crippen LogP) is 6.21. The van der Waals surface area contributed by atoms with E-state index in [-0.39, 0.29) is 5.41 Å². The van der Waals surface area contributed by atoms with Gasteiger partial charge >= 0.3 is 0 Å². The van der Waals surface area contributed by atoms with Crippen molar-refractivity contribution in [2.45, 2.75) is 71.1 Å². The molecule has 1 heteroatoms. The van der Waals surface area contributed by atoms with E-state index in [0.29, 0.717) is 11.3 Å². The molecule has 0 aliphatic heterocycles. The van der Waals surface area contributed by atoms with Crippen LogP contribution in [0.2, 0.25) is 0 Å². The van der Waals surface area contributed by atoms with Crippen LogP contribution in [0, 0.1) is 17.8 Å². The first-order chi connectivity index (χ1) is 9.77. The predicted molar refractivity (Wildman–Crippen MR) is 94.2 cm³/mol. The molecule has 0 bridgehead atoms. The Balaban J connectivity index is 2.03. The van der Waals surface area contributed by atoms with Gasteiger partial charge in [-0.3, -0.25) is 0 Å². The molecule has 0 N–H and O–H groups in total. The van der Waals surface area contributed by atoms with Crippen molar-refractivity contribution in [2.75, 3.05) is 0 Å². The highest BCUT2D eigenvalue weighted by Gasteiger charge is 2.30. The van der Waals surface area contributed by atoms with E-state index in [1.165, 1.54) is 30.4 Å². The summed E-state index contributed by atoms with van der Waals surface area (Å²) in [7, 11) is 0. The Bertz CT molecular complexity index is 438. The lowest BCUT2D eigenvalue weighted by atomic mass is 9.74. The highest BCUT2D eigenvalue weighted by molar-refractivity contribution is 6.20. The number of alkyl halides is 1. The second-order valence-electron chi connectivity index (χ2n) is 8.24. The molecular weight excluding hydrogens is 276 g/mol. The number of halogens is 1. The molecule has 118 valence electrons. The molecule has 3 atom stereocenters. The first-order valence-corrected chi connectivity index (χ1v) is 8.94. The quantitative estimate of drug-likeness (QED) is 0.583. The molecule has 1 aromatic carbocycles. The van der Waals surface area contributed by atoms with E-state index in [4.69, 9.17) is 11.6 Å². The molecule has 1 saturated carbocycles. The Hall–Kier alpha value is -0.490. The van der Waals surface area contributed by atoms with Gasteiger partial charge in [0.1, 0.15) is 0 Å². The minimum atomic E-state index is 0.237. The Labute approximate surface area is 136 Å². The Morgan fingerprint density at radius 2 is 1.71 bits per heavy atom. The monoisotopic (exact) mass is 306 g/mol. The van der Waals surface area contributed by atoms with Gasteiger partial charge in [-0.2, -0.15) is 0 Å². The van der Waals surface area contributed by atoms with Crippen LogP contribution in [-0.4, -0.2) is 5.38 Å². The van der Waals surface area contributed by atoms with Gasteiger partial charge < -0.3 is 0 Å². The van der Waals surface area contributed by atoms with E-state index in [1.807, 2.05) is 0 Å². The van der Waals surface area contributed by atoms with E-state index in [1.54, 1.807) is 0 Å². The average molecular weight is 307 g/mol. The van der Waals surface area contributed by atoms with Crippen LogP contribution >= 0.6 is 11.6 Å². The van der Waals surface area contributed by atoms with Gasteiger partial charge in [-0.1, -0.05) is 58.9 Å². The summed E-state index contributed by atoms with van der Waals surface area (Å²) in [5.41, 5.74) is 3.10. The van der Waals surface area contributed by atoms with Crippen LogP contribution in [0.1, 0.15) is 65.0 Å². The van der Waals surface area contributed by atoms with Gasteiger partial charge in [0.2, 0.25) is 0 Å². The zero-order chi connectivity index (χ0) is 15.6. The number of hydrogen-bond donors (Lipinski definition) is 0. The first-order valence-electron chi connectivity index (χ1n) is 8.51. The van der Waals surface area contributed by atoms with E-state index >= 15 is 0 Å². The van der Waals surface area contributed by atoms with Crippen molar-refractivity contribution in [1.29, 1.82) is 0 Å². The maximum absolute atomic E-state index is 6.61. The molecule has 2 rings (SSSR count). The van der Waals surface area contributed by atoms with Crippen LogP contribution in [0.15, 0.2) is 24.3 Å². The van der Waals surface area contributed by atoms with Gasteiger partial charge in [0.05, 0.1) is 0 Å². The Morgan fingerprint density at radius 1 is 1.10 bits per heavy atom. The Morgan fingerprint density at radius 3 is 2.24 bits per heavy atom. The lowest BCUT2D eigenvalue weighted by molar-refractivity contribution is 0.218. The van der Waals surface area contributed by atoms with E-state index in [9.17, 15) is 0 Å². The van der Waals surface area contributed by atoms with Crippen molar-refractivity contribution in [3.05, 3.63) is 35.4 Å². The fourth-order valence-electron chi connectivity index (χ4n) is 3.52. The lowest BCUT2D eigenvalue weighted by Gasteiger charge is -2.35. The molecule has 0 aromatic heterocycles. The number of benzene rings is 1. The van der Waals surface area contributed by atoms with Crippen molar-refractivity contribution < 1.29 is 0 Å². The summed E-state index contributed by atoms with van der Waals surface area (Å²) in [6.45, 7) is 11.5. The third kappa shape index (κ3) is 4.49. The molecule has 0 spiro atoms. The van der Waals surface area contributed by atoms with E-state index in [2.05, 4.69) is 58.9 Å². The lowest BCUT2D eigenvalue weighted by Crippen LogP contribution is -2.29. The zero-order valence-corrected chi connectivity index (χ0v) is 15.1. The van der Waals surface area contributed by atoms with E-state index < -0.39 is 0 Å². The highest BCUT2D eigenvalue weighted by Crippen LogP contribution is 2.38. The fraction of sp³-hybridized carbons (Fsp3) is 0.700. The van der Waals surface area contributed by atoms with Crippen molar-refractivity contribution >= 4 is 11.6 Å². The van der Waals surface area contributed by atoms with Gasteiger partial charge in [0, 0.05) is 5.38 Å². The topological polar surface area (TPSA) is 0 Å². The van der Waals surface area contributed by atoms with Gasteiger partial charge in [-0.15, -0.1) is 11.6 Å². The van der Waals surface area contributed by atoms with Gasteiger partial charge in [0.25, 0.3) is 0 Å². The van der Waals surface area contributed by atoms with Gasteiger partial charge in [0.15, 0.2) is 0 Å². The minimum absolute atomic E-state index is 0.237. The van der Waals surface area contributed by atoms with Crippen molar-refractivity contribution in [3.8, 4) is 0 Å². The molecule has 0 heterocycles. The summed E-state index contributed by atoms with van der Waals surface area (Å²) < 4.78 is 0. The van der Waals surface area contributed by atoms with Crippen molar-refractivity contribution in [1.82, 2.24) is 0 Å². The Kier molecular flexibility index (Phi) is 5.41. The molecule has 1 aliphatic rings. The SMILES string of the molecule is CC(C)C1CCC(Cl)C(Cc2ccc(C(C)(C)C)cc2)C1. The van der Waals surface area contributed by atoms with Crippen LogP contribution < -0.4 is 0 Å². The average Bonchev–Trinajstić information content (AvgIpc) is 2.40.